The van der Waals surface area contributed by atoms with Crippen LogP contribution in [0.1, 0.15) is 17.5 Å². The summed E-state index contributed by atoms with van der Waals surface area (Å²) >= 11 is 5.62. The lowest BCUT2D eigenvalue weighted by Crippen LogP contribution is -2.28. The van der Waals surface area contributed by atoms with E-state index in [0.29, 0.717) is 11.6 Å². The van der Waals surface area contributed by atoms with Crippen molar-refractivity contribution in [1.29, 1.82) is 0 Å². The molecule has 1 aromatic carbocycles. The van der Waals surface area contributed by atoms with Crippen molar-refractivity contribution < 1.29 is 31.1 Å². The van der Waals surface area contributed by atoms with E-state index < -0.39 is 39.2 Å². The van der Waals surface area contributed by atoms with Crippen molar-refractivity contribution in [2.75, 3.05) is 6.54 Å². The van der Waals surface area contributed by atoms with Gasteiger partial charge in [0.1, 0.15) is 11.8 Å². The Labute approximate surface area is 158 Å². The first-order chi connectivity index (χ1) is 12.6. The summed E-state index contributed by atoms with van der Waals surface area (Å²) in [6.45, 7) is -0.501. The molecule has 0 saturated carbocycles. The summed E-state index contributed by atoms with van der Waals surface area (Å²) in [4.78, 5) is 14.5. The average Bonchev–Trinajstić information content (AvgIpc) is 2.60. The van der Waals surface area contributed by atoms with Crippen LogP contribution in [-0.4, -0.2) is 25.9 Å². The summed E-state index contributed by atoms with van der Waals surface area (Å²) in [5.41, 5.74) is -0.706. The number of halogens is 4. The van der Waals surface area contributed by atoms with E-state index in [9.17, 15) is 26.4 Å². The number of esters is 1. The number of pyridine rings is 1. The number of aromatic nitrogens is 1. The van der Waals surface area contributed by atoms with Gasteiger partial charge >= 0.3 is 12.1 Å². The molecule has 1 N–H and O–H groups in total. The Morgan fingerprint density at radius 2 is 1.89 bits per heavy atom. The minimum atomic E-state index is -4.82. The minimum absolute atomic E-state index is 0.0906. The Morgan fingerprint density at radius 3 is 2.52 bits per heavy atom. The van der Waals surface area contributed by atoms with Crippen LogP contribution in [0.4, 0.5) is 13.2 Å². The van der Waals surface area contributed by atoms with Gasteiger partial charge in [-0.05, 0) is 18.2 Å². The number of nitrogens with one attached hydrogen (secondary N) is 1. The van der Waals surface area contributed by atoms with Crippen molar-refractivity contribution in [2.45, 2.75) is 24.1 Å². The van der Waals surface area contributed by atoms with Gasteiger partial charge in [0, 0.05) is 18.3 Å². The summed E-state index contributed by atoms with van der Waals surface area (Å²) in [6.07, 6.45) is -3.77. The van der Waals surface area contributed by atoms with Gasteiger partial charge in [-0.15, -0.1) is 0 Å². The molecule has 0 saturated heterocycles. The van der Waals surface area contributed by atoms with Crippen LogP contribution in [0.2, 0.25) is 5.15 Å². The fourth-order valence-electron chi connectivity index (χ4n) is 2.03. The lowest BCUT2D eigenvalue weighted by atomic mass is 10.2. The monoisotopic (exact) mass is 422 g/mol. The standard InChI is InChI=1S/C16H14ClF3N2O4S/c17-14-6-5-11(9-21-14)10-26-15(23)7-8-22-27(24,25)13-4-2-1-3-12(13)16(18,19)20/h1-6,9,22H,7-8,10H2. The molecule has 2 aromatic rings. The van der Waals surface area contributed by atoms with E-state index in [4.69, 9.17) is 16.3 Å². The van der Waals surface area contributed by atoms with Gasteiger partial charge in [0.2, 0.25) is 10.0 Å². The fourth-order valence-corrected chi connectivity index (χ4v) is 3.40. The van der Waals surface area contributed by atoms with E-state index in [2.05, 4.69) is 4.98 Å². The van der Waals surface area contributed by atoms with Crippen LogP contribution in [-0.2, 0) is 32.3 Å². The van der Waals surface area contributed by atoms with E-state index in [1.807, 2.05) is 4.72 Å². The zero-order valence-corrected chi connectivity index (χ0v) is 15.2. The largest absolute Gasteiger partial charge is 0.461 e. The van der Waals surface area contributed by atoms with Crippen LogP contribution in [0.3, 0.4) is 0 Å². The van der Waals surface area contributed by atoms with Crippen molar-refractivity contribution in [3.63, 3.8) is 0 Å². The van der Waals surface area contributed by atoms with E-state index in [-0.39, 0.29) is 18.2 Å². The lowest BCUT2D eigenvalue weighted by Gasteiger charge is -2.13. The van der Waals surface area contributed by atoms with Gasteiger partial charge in [0.05, 0.1) is 16.9 Å². The second kappa shape index (κ2) is 8.68. The normalized spacial score (nSPS) is 12.0. The lowest BCUT2D eigenvalue weighted by molar-refractivity contribution is -0.144. The summed E-state index contributed by atoms with van der Waals surface area (Å²) in [7, 11) is -4.44. The maximum atomic E-state index is 12.9. The number of nitrogens with zero attached hydrogens (tertiary/aromatic N) is 1. The van der Waals surface area contributed by atoms with Gasteiger partial charge in [-0.25, -0.2) is 18.1 Å². The van der Waals surface area contributed by atoms with Gasteiger partial charge in [-0.3, -0.25) is 4.79 Å². The Balaban J connectivity index is 1.90. The van der Waals surface area contributed by atoms with Crippen LogP contribution in [0.25, 0.3) is 0 Å². The minimum Gasteiger partial charge on any atom is -0.461 e. The van der Waals surface area contributed by atoms with Crippen LogP contribution in [0, 0.1) is 0 Å². The molecular formula is C16H14ClF3N2O4S. The number of hydrogen-bond donors (Lipinski definition) is 1. The highest BCUT2D eigenvalue weighted by Gasteiger charge is 2.36. The molecule has 0 radical (unpaired) electrons. The molecule has 0 bridgehead atoms. The molecule has 11 heteroatoms. The first-order valence-corrected chi connectivity index (χ1v) is 9.37. The smallest absolute Gasteiger partial charge is 0.417 e. The van der Waals surface area contributed by atoms with Crippen LogP contribution >= 0.6 is 11.6 Å². The number of benzene rings is 1. The fraction of sp³-hybridized carbons (Fsp3) is 0.250. The molecular weight excluding hydrogens is 409 g/mol. The predicted octanol–water partition coefficient (Wildman–Crippen LogP) is 3.17. The molecule has 27 heavy (non-hydrogen) atoms. The van der Waals surface area contributed by atoms with Crippen molar-refractivity contribution in [3.8, 4) is 0 Å². The van der Waals surface area contributed by atoms with E-state index >= 15 is 0 Å². The van der Waals surface area contributed by atoms with Gasteiger partial charge < -0.3 is 4.74 Å². The second-order valence-corrected chi connectivity index (χ2v) is 7.41. The molecule has 2 rings (SSSR count). The third-order valence-electron chi connectivity index (χ3n) is 3.29. The Morgan fingerprint density at radius 1 is 1.19 bits per heavy atom. The highest BCUT2D eigenvalue weighted by molar-refractivity contribution is 7.89. The maximum absolute atomic E-state index is 12.9. The summed E-state index contributed by atoms with van der Waals surface area (Å²) in [5.74, 6) is -0.725. The highest BCUT2D eigenvalue weighted by Crippen LogP contribution is 2.33. The molecule has 0 fully saturated rings. The van der Waals surface area contributed by atoms with E-state index in [0.717, 1.165) is 12.1 Å². The topological polar surface area (TPSA) is 85.4 Å². The van der Waals surface area contributed by atoms with Crippen molar-refractivity contribution in [3.05, 3.63) is 58.9 Å². The number of carbonyl (C=O) groups is 1. The number of rotatable bonds is 7. The Kier molecular flexibility index (Phi) is 6.79. The van der Waals surface area contributed by atoms with Crippen LogP contribution in [0.5, 0.6) is 0 Å². The van der Waals surface area contributed by atoms with Crippen LogP contribution < -0.4 is 4.72 Å². The van der Waals surface area contributed by atoms with Crippen molar-refractivity contribution >= 4 is 27.6 Å². The second-order valence-electron chi connectivity index (χ2n) is 5.29. The molecule has 0 atom stereocenters. The molecule has 0 unspecified atom stereocenters. The van der Waals surface area contributed by atoms with Crippen molar-refractivity contribution in [1.82, 2.24) is 9.71 Å². The van der Waals surface area contributed by atoms with Gasteiger partial charge in [0.25, 0.3) is 0 Å². The van der Waals surface area contributed by atoms with E-state index in [1.165, 1.54) is 18.3 Å². The predicted molar refractivity (Wildman–Crippen MR) is 90.3 cm³/mol. The third-order valence-corrected chi connectivity index (χ3v) is 5.03. The quantitative estimate of drug-likeness (QED) is 0.547. The van der Waals surface area contributed by atoms with Gasteiger partial charge in [-0.1, -0.05) is 29.8 Å². The summed E-state index contributed by atoms with van der Waals surface area (Å²) < 4.78 is 69.9. The van der Waals surface area contributed by atoms with Gasteiger partial charge in [0.15, 0.2) is 0 Å². The highest BCUT2D eigenvalue weighted by atomic mass is 35.5. The maximum Gasteiger partial charge on any atom is 0.417 e. The number of sulfonamides is 1. The first kappa shape index (κ1) is 21.1. The molecule has 0 aliphatic heterocycles. The summed E-state index contributed by atoms with van der Waals surface area (Å²) in [5, 5.41) is 0.277. The molecule has 0 aliphatic carbocycles. The Bertz CT molecular complexity index is 903. The van der Waals surface area contributed by atoms with E-state index in [1.54, 1.807) is 6.07 Å². The van der Waals surface area contributed by atoms with Gasteiger partial charge in [-0.2, -0.15) is 13.2 Å². The number of alkyl halides is 3. The molecule has 0 spiro atoms. The number of hydrogen-bond acceptors (Lipinski definition) is 5. The third kappa shape index (κ3) is 6.19. The SMILES string of the molecule is O=C(CCNS(=O)(=O)c1ccccc1C(F)(F)F)OCc1ccc(Cl)nc1. The summed E-state index contributed by atoms with van der Waals surface area (Å²) in [6, 6.07) is 6.89. The number of carbonyl (C=O) groups excluding carboxylic acids is 1. The average molecular weight is 423 g/mol. The molecule has 0 aliphatic rings. The molecule has 146 valence electrons. The molecule has 6 nitrogen and oxygen atoms in total. The van der Waals surface area contributed by atoms with Crippen LogP contribution in [0.15, 0.2) is 47.5 Å². The zero-order chi connectivity index (χ0) is 20.1. The molecule has 1 aromatic heterocycles. The number of ether oxygens (including phenoxy) is 1. The zero-order valence-electron chi connectivity index (χ0n) is 13.7. The first-order valence-electron chi connectivity index (χ1n) is 7.51. The molecule has 1 heterocycles. The molecule has 0 amide bonds. The Hall–Kier alpha value is -2.17. The van der Waals surface area contributed by atoms with Crippen molar-refractivity contribution in [2.24, 2.45) is 0 Å².